The Kier molecular flexibility index (Phi) is 4.26. The van der Waals surface area contributed by atoms with E-state index in [0.29, 0.717) is 31.6 Å². The Morgan fingerprint density at radius 2 is 2.50 bits per heavy atom. The predicted molar refractivity (Wildman–Crippen MR) is 56.1 cm³/mol. The monoisotopic (exact) mass is 227 g/mol. The molecule has 6 nitrogen and oxygen atoms in total. The van der Waals surface area contributed by atoms with E-state index in [1.807, 2.05) is 0 Å². The number of ether oxygens (including phenoxy) is 2. The molecule has 1 aromatic rings. The van der Waals surface area contributed by atoms with Crippen LogP contribution in [0.4, 0.5) is 0 Å². The number of hydrogen-bond acceptors (Lipinski definition) is 6. The van der Waals surface area contributed by atoms with Crippen molar-refractivity contribution in [2.45, 2.75) is 18.9 Å². The summed E-state index contributed by atoms with van der Waals surface area (Å²) >= 11 is 0. The highest BCUT2D eigenvalue weighted by Crippen LogP contribution is 2.22. The Balaban J connectivity index is 1.77. The molecule has 1 N–H and O–H groups in total. The van der Waals surface area contributed by atoms with E-state index in [1.54, 1.807) is 7.11 Å². The van der Waals surface area contributed by atoms with Gasteiger partial charge in [-0.2, -0.15) is 4.98 Å². The molecule has 0 bridgehead atoms. The smallest absolute Gasteiger partial charge is 0.240 e. The first-order chi connectivity index (χ1) is 7.90. The summed E-state index contributed by atoms with van der Waals surface area (Å²) in [5, 5.41) is 7.11. The fraction of sp³-hybridized carbons (Fsp3) is 0.800. The fourth-order valence-electron chi connectivity index (χ4n) is 1.61. The fourth-order valence-corrected chi connectivity index (χ4v) is 1.61. The van der Waals surface area contributed by atoms with Gasteiger partial charge in [0.05, 0.1) is 19.8 Å². The third kappa shape index (κ3) is 3.01. The Morgan fingerprint density at radius 3 is 3.25 bits per heavy atom. The Labute approximate surface area is 94.3 Å². The molecule has 1 aromatic heterocycles. The molecule has 0 saturated carbocycles. The highest BCUT2D eigenvalue weighted by atomic mass is 16.5. The summed E-state index contributed by atoms with van der Waals surface area (Å²) in [6.07, 6.45) is 0.982. The van der Waals surface area contributed by atoms with E-state index in [2.05, 4.69) is 15.5 Å². The number of hydrogen-bond donors (Lipinski definition) is 1. The SMILES string of the molecule is COCCNCc1nc(C2CCOC2)no1. The van der Waals surface area contributed by atoms with Gasteiger partial charge >= 0.3 is 0 Å². The lowest BCUT2D eigenvalue weighted by Crippen LogP contribution is -2.18. The van der Waals surface area contributed by atoms with E-state index < -0.39 is 0 Å². The maximum atomic E-state index is 5.28. The summed E-state index contributed by atoms with van der Waals surface area (Å²) in [4.78, 5) is 4.33. The lowest BCUT2D eigenvalue weighted by atomic mass is 10.1. The minimum absolute atomic E-state index is 0.302. The highest BCUT2D eigenvalue weighted by molar-refractivity contribution is 4.97. The topological polar surface area (TPSA) is 69.4 Å². The van der Waals surface area contributed by atoms with E-state index in [0.717, 1.165) is 25.4 Å². The molecule has 1 aliphatic heterocycles. The van der Waals surface area contributed by atoms with E-state index in [9.17, 15) is 0 Å². The highest BCUT2D eigenvalue weighted by Gasteiger charge is 2.22. The molecule has 0 aliphatic carbocycles. The maximum absolute atomic E-state index is 5.28. The van der Waals surface area contributed by atoms with Crippen molar-refractivity contribution in [2.75, 3.05) is 33.5 Å². The molecule has 0 aromatic carbocycles. The Hall–Kier alpha value is -0.980. The third-order valence-electron chi connectivity index (χ3n) is 2.54. The van der Waals surface area contributed by atoms with E-state index in [1.165, 1.54) is 0 Å². The lowest BCUT2D eigenvalue weighted by Gasteiger charge is -1.99. The second kappa shape index (κ2) is 5.93. The van der Waals surface area contributed by atoms with Gasteiger partial charge < -0.3 is 19.3 Å². The molecule has 0 spiro atoms. The molecule has 16 heavy (non-hydrogen) atoms. The first kappa shape index (κ1) is 11.5. The van der Waals surface area contributed by atoms with Crippen LogP contribution in [-0.2, 0) is 16.0 Å². The first-order valence-electron chi connectivity index (χ1n) is 5.50. The second-order valence-corrected chi connectivity index (χ2v) is 3.78. The van der Waals surface area contributed by atoms with Crippen LogP contribution in [0, 0.1) is 0 Å². The summed E-state index contributed by atoms with van der Waals surface area (Å²) in [6, 6.07) is 0. The van der Waals surface area contributed by atoms with Crippen molar-refractivity contribution in [3.63, 3.8) is 0 Å². The Bertz CT molecular complexity index is 310. The van der Waals surface area contributed by atoms with Crippen molar-refractivity contribution in [3.8, 4) is 0 Å². The van der Waals surface area contributed by atoms with Crippen LogP contribution in [0.3, 0.4) is 0 Å². The van der Waals surface area contributed by atoms with Crippen molar-refractivity contribution in [1.82, 2.24) is 15.5 Å². The van der Waals surface area contributed by atoms with Gasteiger partial charge in [0.15, 0.2) is 5.82 Å². The van der Waals surface area contributed by atoms with Gasteiger partial charge in [0.25, 0.3) is 0 Å². The minimum Gasteiger partial charge on any atom is -0.383 e. The molecule has 2 heterocycles. The molecule has 1 unspecified atom stereocenters. The summed E-state index contributed by atoms with van der Waals surface area (Å²) < 4.78 is 15.3. The predicted octanol–water partition coefficient (Wildman–Crippen LogP) is 0.309. The van der Waals surface area contributed by atoms with Gasteiger partial charge in [0.2, 0.25) is 5.89 Å². The van der Waals surface area contributed by atoms with E-state index in [-0.39, 0.29) is 0 Å². The largest absolute Gasteiger partial charge is 0.383 e. The standard InChI is InChI=1S/C10H17N3O3/c1-14-5-3-11-6-9-12-10(13-16-9)8-2-4-15-7-8/h8,11H,2-7H2,1H3. The van der Waals surface area contributed by atoms with Crippen LogP contribution in [-0.4, -0.2) is 43.6 Å². The second-order valence-electron chi connectivity index (χ2n) is 3.78. The van der Waals surface area contributed by atoms with Crippen LogP contribution in [0.2, 0.25) is 0 Å². The van der Waals surface area contributed by atoms with Gasteiger partial charge in [-0.25, -0.2) is 0 Å². The summed E-state index contributed by atoms with van der Waals surface area (Å²) in [5.41, 5.74) is 0. The van der Waals surface area contributed by atoms with Crippen molar-refractivity contribution in [1.29, 1.82) is 0 Å². The number of methoxy groups -OCH3 is 1. The van der Waals surface area contributed by atoms with Gasteiger partial charge in [-0.05, 0) is 6.42 Å². The summed E-state index contributed by atoms with van der Waals surface area (Å²) in [7, 11) is 1.67. The van der Waals surface area contributed by atoms with Crippen molar-refractivity contribution >= 4 is 0 Å². The average Bonchev–Trinajstić information content (AvgIpc) is 2.94. The number of nitrogens with zero attached hydrogens (tertiary/aromatic N) is 2. The van der Waals surface area contributed by atoms with E-state index in [4.69, 9.17) is 14.0 Å². The number of aromatic nitrogens is 2. The molecular weight excluding hydrogens is 210 g/mol. The van der Waals surface area contributed by atoms with Gasteiger partial charge in [-0.1, -0.05) is 5.16 Å². The van der Waals surface area contributed by atoms with Crippen LogP contribution in [0.15, 0.2) is 4.52 Å². The van der Waals surface area contributed by atoms with Crippen LogP contribution in [0.1, 0.15) is 24.1 Å². The van der Waals surface area contributed by atoms with Gasteiger partial charge in [-0.15, -0.1) is 0 Å². The zero-order chi connectivity index (χ0) is 11.2. The summed E-state index contributed by atoms with van der Waals surface area (Å²) in [5.74, 6) is 1.69. The molecule has 1 fully saturated rings. The van der Waals surface area contributed by atoms with Gasteiger partial charge in [0.1, 0.15) is 0 Å². The van der Waals surface area contributed by atoms with Gasteiger partial charge in [-0.3, -0.25) is 0 Å². The van der Waals surface area contributed by atoms with Gasteiger partial charge in [0, 0.05) is 26.2 Å². The first-order valence-corrected chi connectivity index (χ1v) is 5.50. The van der Waals surface area contributed by atoms with Crippen LogP contribution in [0.25, 0.3) is 0 Å². The zero-order valence-corrected chi connectivity index (χ0v) is 9.44. The molecule has 0 amide bonds. The summed E-state index contributed by atoms with van der Waals surface area (Å²) in [6.45, 7) is 3.54. The van der Waals surface area contributed by atoms with Crippen molar-refractivity contribution in [3.05, 3.63) is 11.7 Å². The molecule has 2 rings (SSSR count). The van der Waals surface area contributed by atoms with Crippen LogP contribution < -0.4 is 5.32 Å². The molecule has 6 heteroatoms. The third-order valence-corrected chi connectivity index (χ3v) is 2.54. The maximum Gasteiger partial charge on any atom is 0.240 e. The quantitative estimate of drug-likeness (QED) is 0.705. The number of nitrogens with one attached hydrogen (secondary N) is 1. The van der Waals surface area contributed by atoms with Crippen molar-refractivity contribution in [2.24, 2.45) is 0 Å². The van der Waals surface area contributed by atoms with E-state index >= 15 is 0 Å². The molecule has 1 atom stereocenters. The van der Waals surface area contributed by atoms with Crippen LogP contribution >= 0.6 is 0 Å². The molecular formula is C10H17N3O3. The number of rotatable bonds is 6. The Morgan fingerprint density at radius 1 is 1.56 bits per heavy atom. The van der Waals surface area contributed by atoms with Crippen molar-refractivity contribution < 1.29 is 14.0 Å². The molecule has 0 radical (unpaired) electrons. The molecule has 90 valence electrons. The normalized spacial score (nSPS) is 20.4. The molecule has 1 aliphatic rings. The lowest BCUT2D eigenvalue weighted by molar-refractivity contribution is 0.192. The molecule has 1 saturated heterocycles. The average molecular weight is 227 g/mol. The zero-order valence-electron chi connectivity index (χ0n) is 9.44. The van der Waals surface area contributed by atoms with Crippen LogP contribution in [0.5, 0.6) is 0 Å². The minimum atomic E-state index is 0.302.